The molecule has 0 aliphatic carbocycles. The largest absolute Gasteiger partial charge is 0.478 e. The van der Waals surface area contributed by atoms with E-state index in [1.54, 1.807) is 18.2 Å². The van der Waals surface area contributed by atoms with Gasteiger partial charge in [0.15, 0.2) is 17.4 Å². The van der Waals surface area contributed by atoms with E-state index in [2.05, 4.69) is 24.5 Å². The molecule has 0 bridgehead atoms. The Kier molecular flexibility index (Phi) is 9.47. The van der Waals surface area contributed by atoms with Gasteiger partial charge in [-0.25, -0.2) is 13.6 Å². The zero-order valence-corrected chi connectivity index (χ0v) is 20.2. The summed E-state index contributed by atoms with van der Waals surface area (Å²) < 4.78 is 33.2. The third-order valence-corrected chi connectivity index (χ3v) is 5.61. The molecule has 0 saturated heterocycles. The number of halogens is 2. The summed E-state index contributed by atoms with van der Waals surface area (Å²) in [5.41, 5.74) is 2.68. The first kappa shape index (κ1) is 26.0. The van der Waals surface area contributed by atoms with Crippen LogP contribution in [0.5, 0.6) is 11.5 Å². The van der Waals surface area contributed by atoms with Gasteiger partial charge < -0.3 is 20.5 Å². The Morgan fingerprint density at radius 2 is 1.69 bits per heavy atom. The van der Waals surface area contributed by atoms with Crippen LogP contribution >= 0.6 is 0 Å². The van der Waals surface area contributed by atoms with Crippen molar-refractivity contribution in [1.29, 1.82) is 0 Å². The highest BCUT2D eigenvalue weighted by molar-refractivity contribution is 5.94. The van der Waals surface area contributed by atoms with Crippen LogP contribution in [0.3, 0.4) is 0 Å². The molecule has 0 aromatic heterocycles. The number of benzene rings is 3. The molecule has 0 aliphatic heterocycles. The standard InChI is InChI=1S/C28H32F2N2O3/c1-3-5-7-15-31-25-13-11-21(18-22(25)28(33)34)35-27-14-9-19(8-6-4-2)16-26(27)32-20-10-12-23(29)24(30)17-20/h9-14,16-18,31-32H,3-8,15H2,1-2H3,(H,33,34). The molecule has 0 amide bonds. The van der Waals surface area contributed by atoms with E-state index in [9.17, 15) is 18.7 Å². The maximum absolute atomic E-state index is 13.8. The molecule has 0 radical (unpaired) electrons. The van der Waals surface area contributed by atoms with E-state index in [0.717, 1.165) is 56.2 Å². The monoisotopic (exact) mass is 482 g/mol. The maximum atomic E-state index is 13.8. The van der Waals surface area contributed by atoms with Gasteiger partial charge in [-0.2, -0.15) is 0 Å². The molecule has 7 heteroatoms. The van der Waals surface area contributed by atoms with Crippen LogP contribution < -0.4 is 15.4 Å². The fraction of sp³-hybridized carbons (Fsp3) is 0.321. The fourth-order valence-corrected chi connectivity index (χ4v) is 3.67. The van der Waals surface area contributed by atoms with Crippen molar-refractivity contribution >= 4 is 23.0 Å². The fourth-order valence-electron chi connectivity index (χ4n) is 3.67. The number of hydrogen-bond acceptors (Lipinski definition) is 4. The van der Waals surface area contributed by atoms with E-state index in [1.165, 1.54) is 12.1 Å². The van der Waals surface area contributed by atoms with Gasteiger partial charge in [-0.15, -0.1) is 0 Å². The van der Waals surface area contributed by atoms with E-state index in [0.29, 0.717) is 35.1 Å². The highest BCUT2D eigenvalue weighted by Crippen LogP contribution is 2.35. The number of carboxylic acid groups (broad SMARTS) is 1. The number of aromatic carboxylic acids is 1. The zero-order valence-electron chi connectivity index (χ0n) is 20.2. The Bertz CT molecular complexity index is 1150. The lowest BCUT2D eigenvalue weighted by atomic mass is 10.1. The van der Waals surface area contributed by atoms with Crippen LogP contribution in [0.4, 0.5) is 25.8 Å². The lowest BCUT2D eigenvalue weighted by molar-refractivity contribution is 0.0697. The van der Waals surface area contributed by atoms with Crippen LogP contribution in [0.2, 0.25) is 0 Å². The Hall–Kier alpha value is -3.61. The van der Waals surface area contributed by atoms with Crippen LogP contribution in [0, 0.1) is 11.6 Å². The predicted molar refractivity (Wildman–Crippen MR) is 136 cm³/mol. The second-order valence-electron chi connectivity index (χ2n) is 8.44. The average molecular weight is 483 g/mol. The van der Waals surface area contributed by atoms with Crippen molar-refractivity contribution in [3.63, 3.8) is 0 Å². The number of rotatable bonds is 13. The molecule has 0 atom stereocenters. The van der Waals surface area contributed by atoms with E-state index in [4.69, 9.17) is 4.74 Å². The maximum Gasteiger partial charge on any atom is 0.337 e. The summed E-state index contributed by atoms with van der Waals surface area (Å²) in [6.45, 7) is 4.91. The van der Waals surface area contributed by atoms with Crippen molar-refractivity contribution in [1.82, 2.24) is 0 Å². The average Bonchev–Trinajstić information content (AvgIpc) is 2.84. The van der Waals surface area contributed by atoms with Gasteiger partial charge in [-0.05, 0) is 67.3 Å². The van der Waals surface area contributed by atoms with Crippen LogP contribution in [0.1, 0.15) is 61.9 Å². The van der Waals surface area contributed by atoms with E-state index in [-0.39, 0.29) is 5.56 Å². The van der Waals surface area contributed by atoms with Crippen LogP contribution in [0.15, 0.2) is 54.6 Å². The second-order valence-corrected chi connectivity index (χ2v) is 8.44. The van der Waals surface area contributed by atoms with E-state index >= 15 is 0 Å². The van der Waals surface area contributed by atoms with Crippen molar-refractivity contribution in [3.8, 4) is 11.5 Å². The third kappa shape index (κ3) is 7.44. The van der Waals surface area contributed by atoms with E-state index < -0.39 is 17.6 Å². The van der Waals surface area contributed by atoms with Crippen LogP contribution in [-0.4, -0.2) is 17.6 Å². The molecule has 35 heavy (non-hydrogen) atoms. The van der Waals surface area contributed by atoms with Gasteiger partial charge in [0.1, 0.15) is 5.75 Å². The number of unbranched alkanes of at least 4 members (excludes halogenated alkanes) is 3. The molecule has 0 unspecified atom stereocenters. The minimum atomic E-state index is -1.05. The van der Waals surface area contributed by atoms with Crippen molar-refractivity contribution in [2.75, 3.05) is 17.2 Å². The number of carbonyl (C=O) groups is 1. The summed E-state index contributed by atoms with van der Waals surface area (Å²) in [5, 5.41) is 16.0. The minimum absolute atomic E-state index is 0.119. The molecule has 5 nitrogen and oxygen atoms in total. The van der Waals surface area contributed by atoms with Gasteiger partial charge in [0, 0.05) is 24.0 Å². The number of hydrogen-bond donors (Lipinski definition) is 3. The normalized spacial score (nSPS) is 10.7. The van der Waals surface area contributed by atoms with Crippen molar-refractivity contribution in [3.05, 3.63) is 77.4 Å². The summed E-state index contributed by atoms with van der Waals surface area (Å²) in [6, 6.07) is 14.1. The second kappa shape index (κ2) is 12.7. The molecule has 0 aliphatic rings. The quantitative estimate of drug-likeness (QED) is 0.215. The van der Waals surface area contributed by atoms with Gasteiger partial charge in [0.2, 0.25) is 0 Å². The van der Waals surface area contributed by atoms with Crippen LogP contribution in [-0.2, 0) is 6.42 Å². The SMILES string of the molecule is CCCCCNc1ccc(Oc2ccc(CCCC)cc2Nc2ccc(F)c(F)c2)cc1C(=O)O. The summed E-state index contributed by atoms with van der Waals surface area (Å²) >= 11 is 0. The number of ether oxygens (including phenoxy) is 1. The molecule has 3 aromatic carbocycles. The van der Waals surface area contributed by atoms with E-state index in [1.807, 2.05) is 12.1 Å². The molecule has 0 heterocycles. The molecule has 0 spiro atoms. The first-order valence-corrected chi connectivity index (χ1v) is 12.0. The molecular formula is C28H32F2N2O3. The molecule has 186 valence electrons. The smallest absolute Gasteiger partial charge is 0.337 e. The summed E-state index contributed by atoms with van der Waals surface area (Å²) in [5.74, 6) is -2.13. The van der Waals surface area contributed by atoms with Gasteiger partial charge >= 0.3 is 5.97 Å². The number of nitrogens with one attached hydrogen (secondary N) is 2. The Balaban J connectivity index is 1.88. The first-order chi connectivity index (χ1) is 16.9. The molecule has 3 rings (SSSR count). The zero-order chi connectivity index (χ0) is 25.2. The minimum Gasteiger partial charge on any atom is -0.478 e. The van der Waals surface area contributed by atoms with Crippen LogP contribution in [0.25, 0.3) is 0 Å². The van der Waals surface area contributed by atoms with Gasteiger partial charge in [-0.1, -0.05) is 39.2 Å². The Labute approximate surface area is 205 Å². The molecule has 3 aromatic rings. The topological polar surface area (TPSA) is 70.6 Å². The van der Waals surface area contributed by atoms with Crippen molar-refractivity contribution in [2.45, 2.75) is 52.4 Å². The highest BCUT2D eigenvalue weighted by Gasteiger charge is 2.14. The molecule has 3 N–H and O–H groups in total. The number of anilines is 3. The van der Waals surface area contributed by atoms with Gasteiger partial charge in [0.05, 0.1) is 11.3 Å². The Morgan fingerprint density at radius 3 is 2.40 bits per heavy atom. The molecule has 0 fully saturated rings. The number of aryl methyl sites for hydroxylation is 1. The van der Waals surface area contributed by atoms with Gasteiger partial charge in [-0.3, -0.25) is 0 Å². The lowest BCUT2D eigenvalue weighted by Gasteiger charge is -2.16. The summed E-state index contributed by atoms with van der Waals surface area (Å²) in [7, 11) is 0. The number of carboxylic acids is 1. The molecular weight excluding hydrogens is 450 g/mol. The highest BCUT2D eigenvalue weighted by atomic mass is 19.2. The summed E-state index contributed by atoms with van der Waals surface area (Å²) in [6.07, 6.45) is 6.03. The third-order valence-electron chi connectivity index (χ3n) is 5.61. The molecule has 0 saturated carbocycles. The predicted octanol–water partition coefficient (Wildman–Crippen LogP) is 8.14. The Morgan fingerprint density at radius 1 is 0.886 bits per heavy atom. The van der Waals surface area contributed by atoms with Crippen molar-refractivity contribution < 1.29 is 23.4 Å². The van der Waals surface area contributed by atoms with Gasteiger partial charge in [0.25, 0.3) is 0 Å². The summed E-state index contributed by atoms with van der Waals surface area (Å²) in [4.78, 5) is 11.9. The lowest BCUT2D eigenvalue weighted by Crippen LogP contribution is -2.08. The van der Waals surface area contributed by atoms with Crippen molar-refractivity contribution in [2.24, 2.45) is 0 Å². The first-order valence-electron chi connectivity index (χ1n) is 12.0.